The second-order valence-electron chi connectivity index (χ2n) is 7.10. The molecule has 1 N–H and O–H groups in total. The fraction of sp³-hybridized carbons (Fsp3) is 0.208. The molecule has 3 aromatic carbocycles. The number of hydrogen-bond donors (Lipinski definition) is 1. The molecule has 0 radical (unpaired) electrons. The van der Waals surface area contributed by atoms with Gasteiger partial charge in [0.05, 0.1) is 12.8 Å². The van der Waals surface area contributed by atoms with Crippen LogP contribution in [0.25, 0.3) is 5.69 Å². The Kier molecular flexibility index (Phi) is 8.19. The van der Waals surface area contributed by atoms with Gasteiger partial charge in [-0.05, 0) is 39.8 Å². The van der Waals surface area contributed by atoms with Crippen LogP contribution in [0.3, 0.4) is 0 Å². The summed E-state index contributed by atoms with van der Waals surface area (Å²) in [5.74, 6) is 2.09. The van der Waals surface area contributed by atoms with Crippen LogP contribution in [0.15, 0.2) is 78.0 Å². The zero-order valence-corrected chi connectivity index (χ0v) is 19.7. The van der Waals surface area contributed by atoms with Crippen molar-refractivity contribution in [2.75, 3.05) is 19.4 Å². The third kappa shape index (κ3) is 6.25. The topological polar surface area (TPSA) is 74.1 Å². The molecule has 0 aliphatic rings. The lowest BCUT2D eigenvalue weighted by Gasteiger charge is -2.14. The Bertz CT molecular complexity index is 1160. The molecule has 9 heteroatoms. The first kappa shape index (κ1) is 23.1. The molecule has 0 saturated heterocycles. The zero-order valence-electron chi connectivity index (χ0n) is 18.1. The van der Waals surface area contributed by atoms with Gasteiger partial charge in [0.25, 0.3) is 0 Å². The lowest BCUT2D eigenvalue weighted by molar-refractivity contribution is 0.284. The molecule has 0 aliphatic carbocycles. The third-order valence-corrected chi connectivity index (χ3v) is 6.11. The lowest BCUT2D eigenvalue weighted by Crippen LogP contribution is -2.17. The van der Waals surface area contributed by atoms with Crippen LogP contribution in [0, 0.1) is 0 Å². The summed E-state index contributed by atoms with van der Waals surface area (Å²) in [5, 5.41) is 16.8. The van der Waals surface area contributed by atoms with Gasteiger partial charge in [-0.2, -0.15) is 4.68 Å². The summed E-state index contributed by atoms with van der Waals surface area (Å²) >= 11 is 8.10. The minimum absolute atomic E-state index is 0.449. The van der Waals surface area contributed by atoms with E-state index in [0.717, 1.165) is 34.3 Å². The number of benzene rings is 3. The Morgan fingerprint density at radius 3 is 2.52 bits per heavy atom. The van der Waals surface area contributed by atoms with Crippen molar-refractivity contribution in [3.63, 3.8) is 0 Å². The Balaban J connectivity index is 1.29. The van der Waals surface area contributed by atoms with Crippen molar-refractivity contribution in [3.05, 3.63) is 88.9 Å². The van der Waals surface area contributed by atoms with Gasteiger partial charge in [0.1, 0.15) is 6.61 Å². The highest BCUT2D eigenvalue weighted by atomic mass is 35.5. The Labute approximate surface area is 202 Å². The maximum absolute atomic E-state index is 6.51. The quantitative estimate of drug-likeness (QED) is 0.244. The Morgan fingerprint density at radius 2 is 1.76 bits per heavy atom. The van der Waals surface area contributed by atoms with E-state index in [-0.39, 0.29) is 0 Å². The number of aromatic nitrogens is 4. The second-order valence-corrected chi connectivity index (χ2v) is 8.57. The average Bonchev–Trinajstić information content (AvgIpc) is 3.33. The van der Waals surface area contributed by atoms with Crippen LogP contribution in [0.5, 0.6) is 11.5 Å². The highest BCUT2D eigenvalue weighted by Gasteiger charge is 2.12. The Morgan fingerprint density at radius 1 is 1.00 bits per heavy atom. The normalized spacial score (nSPS) is 10.8. The minimum atomic E-state index is 0.449. The van der Waals surface area contributed by atoms with E-state index in [1.165, 1.54) is 0 Å². The number of tetrazole rings is 1. The SMILES string of the molecule is COc1cc(CNCCSc2nnnn2-c2ccccc2)c(Cl)cc1OCc1ccccc1. The van der Waals surface area contributed by atoms with Gasteiger partial charge in [-0.25, -0.2) is 0 Å². The number of nitrogens with zero attached hydrogens (tertiary/aromatic N) is 4. The largest absolute Gasteiger partial charge is 0.493 e. The first-order valence-electron chi connectivity index (χ1n) is 10.4. The summed E-state index contributed by atoms with van der Waals surface area (Å²) in [5.41, 5.74) is 2.96. The first-order chi connectivity index (χ1) is 16.2. The van der Waals surface area contributed by atoms with Gasteiger partial charge < -0.3 is 14.8 Å². The van der Waals surface area contributed by atoms with Gasteiger partial charge in [0.15, 0.2) is 11.5 Å². The third-order valence-electron chi connectivity index (χ3n) is 4.84. The fourth-order valence-electron chi connectivity index (χ4n) is 3.16. The van der Waals surface area contributed by atoms with Crippen molar-refractivity contribution in [1.82, 2.24) is 25.5 Å². The molecule has 0 bridgehead atoms. The van der Waals surface area contributed by atoms with Gasteiger partial charge in [-0.15, -0.1) is 5.10 Å². The molecule has 33 heavy (non-hydrogen) atoms. The number of methoxy groups -OCH3 is 1. The van der Waals surface area contributed by atoms with Crippen LogP contribution < -0.4 is 14.8 Å². The van der Waals surface area contributed by atoms with Crippen molar-refractivity contribution in [3.8, 4) is 17.2 Å². The summed E-state index contributed by atoms with van der Waals surface area (Å²) < 4.78 is 13.2. The summed E-state index contributed by atoms with van der Waals surface area (Å²) in [7, 11) is 1.63. The number of para-hydroxylation sites is 1. The van der Waals surface area contributed by atoms with Crippen molar-refractivity contribution < 1.29 is 9.47 Å². The fourth-order valence-corrected chi connectivity index (χ4v) is 4.17. The molecule has 1 heterocycles. The van der Waals surface area contributed by atoms with Gasteiger partial charge in [0.2, 0.25) is 5.16 Å². The van der Waals surface area contributed by atoms with Gasteiger partial charge in [-0.1, -0.05) is 71.9 Å². The smallest absolute Gasteiger partial charge is 0.214 e. The van der Waals surface area contributed by atoms with E-state index in [4.69, 9.17) is 21.1 Å². The van der Waals surface area contributed by atoms with E-state index in [0.29, 0.717) is 29.7 Å². The van der Waals surface area contributed by atoms with Gasteiger partial charge >= 0.3 is 0 Å². The van der Waals surface area contributed by atoms with Crippen LogP contribution in [-0.4, -0.2) is 39.6 Å². The minimum Gasteiger partial charge on any atom is -0.493 e. The zero-order chi connectivity index (χ0) is 22.9. The maximum atomic E-state index is 6.51. The van der Waals surface area contributed by atoms with Crippen molar-refractivity contribution in [1.29, 1.82) is 0 Å². The molecule has 0 spiro atoms. The Hall–Kier alpha value is -3.07. The van der Waals surface area contributed by atoms with E-state index >= 15 is 0 Å². The average molecular weight is 482 g/mol. The summed E-state index contributed by atoms with van der Waals surface area (Å²) in [6.45, 7) is 1.82. The van der Waals surface area contributed by atoms with Crippen LogP contribution in [0.1, 0.15) is 11.1 Å². The molecule has 0 amide bonds. The molecule has 1 aromatic heterocycles. The monoisotopic (exact) mass is 481 g/mol. The van der Waals surface area contributed by atoms with Crippen molar-refractivity contribution in [2.45, 2.75) is 18.3 Å². The van der Waals surface area contributed by atoms with Crippen LogP contribution >= 0.6 is 23.4 Å². The number of hydrogen-bond acceptors (Lipinski definition) is 7. The van der Waals surface area contributed by atoms with E-state index < -0.39 is 0 Å². The molecular weight excluding hydrogens is 458 g/mol. The van der Waals surface area contributed by atoms with E-state index in [2.05, 4.69) is 20.8 Å². The molecule has 0 atom stereocenters. The molecule has 0 aliphatic heterocycles. The predicted molar refractivity (Wildman–Crippen MR) is 130 cm³/mol. The highest BCUT2D eigenvalue weighted by Crippen LogP contribution is 2.34. The van der Waals surface area contributed by atoms with Gasteiger partial charge in [0, 0.05) is 29.9 Å². The standard InChI is InChI=1S/C24H24ClN5O2S/c1-31-22-14-19(21(25)15-23(22)32-17-18-8-4-2-5-9-18)16-26-12-13-33-24-27-28-29-30(24)20-10-6-3-7-11-20/h2-11,14-15,26H,12-13,16-17H2,1H3. The molecule has 4 aromatic rings. The van der Waals surface area contributed by atoms with Crippen LogP contribution in [-0.2, 0) is 13.2 Å². The van der Waals surface area contributed by atoms with Crippen LogP contribution in [0.2, 0.25) is 5.02 Å². The molecule has 0 saturated carbocycles. The molecule has 0 fully saturated rings. The highest BCUT2D eigenvalue weighted by molar-refractivity contribution is 7.99. The van der Waals surface area contributed by atoms with E-state index in [1.54, 1.807) is 23.6 Å². The summed E-state index contributed by atoms with van der Waals surface area (Å²) in [6, 6.07) is 23.5. The number of nitrogens with one attached hydrogen (secondary N) is 1. The maximum Gasteiger partial charge on any atom is 0.214 e. The van der Waals surface area contributed by atoms with Crippen molar-refractivity contribution >= 4 is 23.4 Å². The van der Waals surface area contributed by atoms with E-state index in [9.17, 15) is 0 Å². The van der Waals surface area contributed by atoms with Gasteiger partial charge in [-0.3, -0.25) is 0 Å². The number of halogens is 1. The molecule has 4 rings (SSSR count). The molecule has 0 unspecified atom stereocenters. The van der Waals surface area contributed by atoms with E-state index in [1.807, 2.05) is 72.8 Å². The predicted octanol–water partition coefficient (Wildman–Crippen LogP) is 4.79. The lowest BCUT2D eigenvalue weighted by atomic mass is 10.2. The van der Waals surface area contributed by atoms with Crippen molar-refractivity contribution in [2.24, 2.45) is 0 Å². The first-order valence-corrected chi connectivity index (χ1v) is 11.8. The number of ether oxygens (including phenoxy) is 2. The molecular formula is C24H24ClN5O2S. The summed E-state index contributed by atoms with van der Waals surface area (Å²) in [4.78, 5) is 0. The molecule has 170 valence electrons. The number of thioether (sulfide) groups is 1. The van der Waals surface area contributed by atoms with Crippen LogP contribution in [0.4, 0.5) is 0 Å². The molecule has 7 nitrogen and oxygen atoms in total. The number of rotatable bonds is 11. The summed E-state index contributed by atoms with van der Waals surface area (Å²) in [6.07, 6.45) is 0. The second kappa shape index (κ2) is 11.7.